The van der Waals surface area contributed by atoms with Gasteiger partial charge in [0.05, 0.1) is 23.2 Å². The number of fused-ring (bicyclic) bond motifs is 1. The fourth-order valence-electron chi connectivity index (χ4n) is 4.05. The zero-order valence-corrected chi connectivity index (χ0v) is 18.6. The Balaban J connectivity index is 1.92. The lowest BCUT2D eigenvalue weighted by Gasteiger charge is -2.34. The van der Waals surface area contributed by atoms with Crippen molar-refractivity contribution in [2.75, 3.05) is 25.1 Å². The summed E-state index contributed by atoms with van der Waals surface area (Å²) in [4.78, 5) is 7.26. The number of rotatable bonds is 5. The van der Waals surface area contributed by atoms with Gasteiger partial charge in [-0.2, -0.15) is 0 Å². The van der Waals surface area contributed by atoms with Crippen LogP contribution in [0.4, 0.5) is 5.69 Å². The predicted molar refractivity (Wildman–Crippen MR) is 120 cm³/mol. The number of methoxy groups -OCH3 is 1. The van der Waals surface area contributed by atoms with Crippen LogP contribution in [-0.4, -0.2) is 33.6 Å². The Labute approximate surface area is 178 Å². The molecule has 0 spiro atoms. The van der Waals surface area contributed by atoms with Gasteiger partial charge in [0.1, 0.15) is 10.6 Å². The number of nitrogens with zero attached hydrogens (tertiary/aromatic N) is 2. The number of hydrogen-bond acceptors (Lipinski definition) is 5. The third kappa shape index (κ3) is 3.76. The van der Waals surface area contributed by atoms with Gasteiger partial charge >= 0.3 is 0 Å². The molecule has 4 rings (SSSR count). The van der Waals surface area contributed by atoms with Crippen LogP contribution in [-0.2, 0) is 16.3 Å². The normalized spacial score (nSPS) is 15.5. The molecule has 1 fully saturated rings. The molecule has 0 N–H and O–H groups in total. The fraction of sp³-hybridized carbons (Fsp3) is 0.375. The summed E-state index contributed by atoms with van der Waals surface area (Å²) < 4.78 is 32.7. The molecule has 2 aromatic carbocycles. The molecule has 0 radical (unpaired) electrons. The minimum atomic E-state index is -3.71. The largest absolute Gasteiger partial charge is 0.497 e. The van der Waals surface area contributed by atoms with Crippen LogP contribution in [0.3, 0.4) is 0 Å². The molecule has 5 nitrogen and oxygen atoms in total. The minimum absolute atomic E-state index is 0.266. The SMILES string of the molecule is CCc1ccc(S(=O)(=O)c2cnc3ccc(OC)cc3c2N2CCC(C)CC2)cc1. The molecule has 30 heavy (non-hydrogen) atoms. The van der Waals surface area contributed by atoms with E-state index in [0.717, 1.165) is 54.5 Å². The van der Waals surface area contributed by atoms with Gasteiger partial charge in [-0.05, 0) is 61.1 Å². The average molecular weight is 425 g/mol. The van der Waals surface area contributed by atoms with Crippen molar-refractivity contribution in [3.63, 3.8) is 0 Å². The molecule has 1 aliphatic rings. The van der Waals surface area contributed by atoms with Crippen LogP contribution in [0.2, 0.25) is 0 Å². The molecule has 6 heteroatoms. The van der Waals surface area contributed by atoms with Crippen molar-refractivity contribution in [1.82, 2.24) is 4.98 Å². The van der Waals surface area contributed by atoms with Gasteiger partial charge in [0.15, 0.2) is 0 Å². The topological polar surface area (TPSA) is 59.5 Å². The van der Waals surface area contributed by atoms with Crippen molar-refractivity contribution in [2.45, 2.75) is 42.9 Å². The number of benzene rings is 2. The van der Waals surface area contributed by atoms with E-state index in [4.69, 9.17) is 4.74 Å². The number of aryl methyl sites for hydroxylation is 1. The Morgan fingerprint density at radius 1 is 1.10 bits per heavy atom. The molecule has 0 saturated carbocycles. The maximum atomic E-state index is 13.7. The van der Waals surface area contributed by atoms with E-state index >= 15 is 0 Å². The number of anilines is 1. The summed E-state index contributed by atoms with van der Waals surface area (Å²) in [7, 11) is -2.10. The van der Waals surface area contributed by atoms with E-state index in [1.165, 1.54) is 6.20 Å². The van der Waals surface area contributed by atoms with E-state index in [1.54, 1.807) is 19.2 Å². The van der Waals surface area contributed by atoms with E-state index in [0.29, 0.717) is 16.6 Å². The highest BCUT2D eigenvalue weighted by atomic mass is 32.2. The van der Waals surface area contributed by atoms with Gasteiger partial charge in [-0.1, -0.05) is 26.0 Å². The third-order valence-electron chi connectivity index (χ3n) is 6.04. The Bertz CT molecular complexity index is 1150. The Kier molecular flexibility index (Phi) is 5.69. The quantitative estimate of drug-likeness (QED) is 0.584. The van der Waals surface area contributed by atoms with Gasteiger partial charge in [0, 0.05) is 24.7 Å². The second-order valence-corrected chi connectivity index (χ2v) is 9.94. The van der Waals surface area contributed by atoms with Crippen LogP contribution in [0.25, 0.3) is 10.9 Å². The highest BCUT2D eigenvalue weighted by molar-refractivity contribution is 7.91. The number of ether oxygens (including phenoxy) is 1. The molecular formula is C24H28N2O3S. The van der Waals surface area contributed by atoms with Gasteiger partial charge in [-0.15, -0.1) is 0 Å². The van der Waals surface area contributed by atoms with Gasteiger partial charge < -0.3 is 9.64 Å². The van der Waals surface area contributed by atoms with Crippen molar-refractivity contribution in [3.05, 3.63) is 54.2 Å². The van der Waals surface area contributed by atoms with Crippen molar-refractivity contribution in [1.29, 1.82) is 0 Å². The number of piperidine rings is 1. The monoisotopic (exact) mass is 424 g/mol. The lowest BCUT2D eigenvalue weighted by atomic mass is 9.98. The molecule has 1 saturated heterocycles. The highest BCUT2D eigenvalue weighted by Crippen LogP contribution is 2.38. The first-order valence-corrected chi connectivity index (χ1v) is 12.0. The summed E-state index contributed by atoms with van der Waals surface area (Å²) in [5, 5.41) is 0.815. The zero-order valence-electron chi connectivity index (χ0n) is 17.8. The summed E-state index contributed by atoms with van der Waals surface area (Å²) in [5.41, 5.74) is 2.62. The molecule has 0 aliphatic carbocycles. The first kappa shape index (κ1) is 20.7. The molecule has 2 heterocycles. The Hall–Kier alpha value is -2.60. The summed E-state index contributed by atoms with van der Waals surface area (Å²) in [6.45, 7) is 5.96. The predicted octanol–water partition coefficient (Wildman–Crippen LogP) is 4.87. The van der Waals surface area contributed by atoms with Gasteiger partial charge in [-0.25, -0.2) is 8.42 Å². The number of sulfone groups is 1. The first-order valence-electron chi connectivity index (χ1n) is 10.5. The van der Waals surface area contributed by atoms with Crippen LogP contribution in [0.15, 0.2) is 58.5 Å². The summed E-state index contributed by atoms with van der Waals surface area (Å²) in [6.07, 6.45) is 4.47. The molecule has 0 atom stereocenters. The van der Waals surface area contributed by atoms with Gasteiger partial charge in [0.2, 0.25) is 9.84 Å². The maximum absolute atomic E-state index is 13.7. The molecule has 0 bridgehead atoms. The van der Waals surface area contributed by atoms with Crippen molar-refractivity contribution >= 4 is 26.4 Å². The number of pyridine rings is 1. The lowest BCUT2D eigenvalue weighted by molar-refractivity contribution is 0.415. The standard InChI is InChI=1S/C24H28N2O3S/c1-4-18-5-8-20(9-6-18)30(27,28)23-16-25-22-10-7-19(29-3)15-21(22)24(23)26-13-11-17(2)12-14-26/h5-10,15-17H,4,11-14H2,1-3H3. The van der Waals surface area contributed by atoms with E-state index in [1.807, 2.05) is 30.3 Å². The fourth-order valence-corrected chi connectivity index (χ4v) is 5.49. The van der Waals surface area contributed by atoms with E-state index in [2.05, 4.69) is 23.7 Å². The third-order valence-corrected chi connectivity index (χ3v) is 7.81. The smallest absolute Gasteiger partial charge is 0.210 e. The summed E-state index contributed by atoms with van der Waals surface area (Å²) in [5.74, 6) is 1.34. The molecule has 158 valence electrons. The van der Waals surface area contributed by atoms with Gasteiger partial charge in [-0.3, -0.25) is 4.98 Å². The number of hydrogen-bond donors (Lipinski definition) is 0. The van der Waals surface area contributed by atoms with E-state index in [9.17, 15) is 8.42 Å². The molecule has 3 aromatic rings. The highest BCUT2D eigenvalue weighted by Gasteiger charge is 2.28. The first-order chi connectivity index (χ1) is 14.4. The molecule has 1 aliphatic heterocycles. The molecule has 0 unspecified atom stereocenters. The Morgan fingerprint density at radius 3 is 2.43 bits per heavy atom. The van der Waals surface area contributed by atoms with Crippen molar-refractivity contribution < 1.29 is 13.2 Å². The van der Waals surface area contributed by atoms with Gasteiger partial charge in [0.25, 0.3) is 0 Å². The molecular weight excluding hydrogens is 396 g/mol. The van der Waals surface area contributed by atoms with Crippen LogP contribution < -0.4 is 9.64 Å². The van der Waals surface area contributed by atoms with E-state index in [-0.39, 0.29) is 4.90 Å². The summed E-state index contributed by atoms with van der Waals surface area (Å²) in [6, 6.07) is 12.8. The summed E-state index contributed by atoms with van der Waals surface area (Å²) >= 11 is 0. The zero-order chi connectivity index (χ0) is 21.3. The van der Waals surface area contributed by atoms with Crippen LogP contribution >= 0.6 is 0 Å². The lowest BCUT2D eigenvalue weighted by Crippen LogP contribution is -2.34. The second-order valence-electron chi connectivity index (χ2n) is 8.02. The van der Waals surface area contributed by atoms with Crippen LogP contribution in [0.1, 0.15) is 32.3 Å². The second kappa shape index (κ2) is 8.26. The maximum Gasteiger partial charge on any atom is 0.210 e. The van der Waals surface area contributed by atoms with Crippen molar-refractivity contribution in [3.8, 4) is 5.75 Å². The molecule has 1 aromatic heterocycles. The minimum Gasteiger partial charge on any atom is -0.497 e. The Morgan fingerprint density at radius 2 is 1.80 bits per heavy atom. The van der Waals surface area contributed by atoms with Crippen LogP contribution in [0, 0.1) is 5.92 Å². The van der Waals surface area contributed by atoms with Crippen molar-refractivity contribution in [2.24, 2.45) is 5.92 Å². The van der Waals surface area contributed by atoms with E-state index < -0.39 is 9.84 Å². The number of aromatic nitrogens is 1. The van der Waals surface area contributed by atoms with Crippen LogP contribution in [0.5, 0.6) is 5.75 Å². The molecule has 0 amide bonds. The average Bonchev–Trinajstić information content (AvgIpc) is 2.78.